The van der Waals surface area contributed by atoms with E-state index in [9.17, 15) is 4.79 Å². The van der Waals surface area contributed by atoms with Crippen LogP contribution < -0.4 is 11.1 Å². The summed E-state index contributed by atoms with van der Waals surface area (Å²) in [6, 6.07) is 0. The Labute approximate surface area is 144 Å². The van der Waals surface area contributed by atoms with Crippen molar-refractivity contribution in [2.45, 2.75) is 96.8 Å². The maximum Gasteiger partial charge on any atom is 0.220 e. The molecule has 0 aromatic rings. The number of hydrogen-bond acceptors (Lipinski definition) is 2. The number of nitrogens with two attached hydrogens (primary N) is 1. The van der Waals surface area contributed by atoms with Crippen molar-refractivity contribution in [3.63, 3.8) is 0 Å². The van der Waals surface area contributed by atoms with Gasteiger partial charge in [0, 0.05) is 19.5 Å². The number of carbonyl (C=O) groups is 1. The molecule has 0 aliphatic rings. The van der Waals surface area contributed by atoms with E-state index >= 15 is 0 Å². The third-order valence-electron chi connectivity index (χ3n) is 4.13. The second kappa shape index (κ2) is 19.2. The van der Waals surface area contributed by atoms with Crippen LogP contribution in [0.25, 0.3) is 0 Å². The first-order chi connectivity index (χ1) is 11.3. The van der Waals surface area contributed by atoms with Gasteiger partial charge in [0.25, 0.3) is 0 Å². The normalized spacial score (nSPS) is 11.2. The van der Waals surface area contributed by atoms with Crippen LogP contribution in [0.15, 0.2) is 12.2 Å². The average molecular weight is 325 g/mol. The maximum absolute atomic E-state index is 11.4. The summed E-state index contributed by atoms with van der Waals surface area (Å²) in [6.07, 6.45) is 22.1. The van der Waals surface area contributed by atoms with E-state index in [4.69, 9.17) is 5.73 Å². The van der Waals surface area contributed by atoms with Crippen LogP contribution in [0.5, 0.6) is 0 Å². The smallest absolute Gasteiger partial charge is 0.220 e. The van der Waals surface area contributed by atoms with Gasteiger partial charge in [-0.1, -0.05) is 70.4 Å². The van der Waals surface area contributed by atoms with Crippen molar-refractivity contribution in [1.82, 2.24) is 5.32 Å². The molecule has 1 amide bonds. The predicted molar refractivity (Wildman–Crippen MR) is 102 cm³/mol. The molecular formula is C20H40N2O. The second-order valence-electron chi connectivity index (χ2n) is 6.47. The minimum absolute atomic E-state index is 0.146. The number of rotatable bonds is 17. The zero-order valence-electron chi connectivity index (χ0n) is 15.5. The SMILES string of the molecule is CCCCCCCC/C=C/CCCCCCCC(=O)NCCN. The number of hydrogen-bond donors (Lipinski definition) is 2. The molecule has 0 spiro atoms. The Balaban J connectivity index is 3.14. The number of unbranched alkanes of at least 4 members (excludes halogenated alkanes) is 11. The molecule has 0 saturated heterocycles. The van der Waals surface area contributed by atoms with Crippen LogP contribution in [-0.2, 0) is 4.79 Å². The molecule has 0 saturated carbocycles. The Morgan fingerprint density at radius 1 is 0.826 bits per heavy atom. The monoisotopic (exact) mass is 324 g/mol. The van der Waals surface area contributed by atoms with E-state index < -0.39 is 0 Å². The fourth-order valence-electron chi connectivity index (χ4n) is 2.66. The maximum atomic E-state index is 11.4. The van der Waals surface area contributed by atoms with Crippen LogP contribution in [-0.4, -0.2) is 19.0 Å². The largest absolute Gasteiger partial charge is 0.355 e. The quantitative estimate of drug-likeness (QED) is 0.289. The van der Waals surface area contributed by atoms with E-state index in [1.54, 1.807) is 0 Å². The van der Waals surface area contributed by atoms with Crippen molar-refractivity contribution >= 4 is 5.91 Å². The number of nitrogens with one attached hydrogen (secondary N) is 1. The zero-order chi connectivity index (χ0) is 17.0. The van der Waals surface area contributed by atoms with E-state index in [0.717, 1.165) is 12.8 Å². The minimum atomic E-state index is 0.146. The summed E-state index contributed by atoms with van der Waals surface area (Å²) < 4.78 is 0. The first-order valence-electron chi connectivity index (χ1n) is 9.93. The molecule has 136 valence electrons. The lowest BCUT2D eigenvalue weighted by Gasteiger charge is -2.03. The molecule has 23 heavy (non-hydrogen) atoms. The molecule has 0 aliphatic carbocycles. The van der Waals surface area contributed by atoms with E-state index in [0.29, 0.717) is 19.5 Å². The van der Waals surface area contributed by atoms with Crippen molar-refractivity contribution in [3.05, 3.63) is 12.2 Å². The van der Waals surface area contributed by atoms with E-state index in [2.05, 4.69) is 24.4 Å². The molecule has 0 bridgehead atoms. The lowest BCUT2D eigenvalue weighted by atomic mass is 10.1. The van der Waals surface area contributed by atoms with Gasteiger partial charge in [-0.3, -0.25) is 4.79 Å². The lowest BCUT2D eigenvalue weighted by molar-refractivity contribution is -0.121. The summed E-state index contributed by atoms with van der Waals surface area (Å²) in [5.41, 5.74) is 5.34. The van der Waals surface area contributed by atoms with Gasteiger partial charge in [0.1, 0.15) is 0 Å². The van der Waals surface area contributed by atoms with Crippen LogP contribution in [0, 0.1) is 0 Å². The van der Waals surface area contributed by atoms with Gasteiger partial charge in [0.15, 0.2) is 0 Å². The van der Waals surface area contributed by atoms with Crippen molar-refractivity contribution in [2.24, 2.45) is 5.73 Å². The van der Waals surface area contributed by atoms with Crippen molar-refractivity contribution < 1.29 is 4.79 Å². The Bertz CT molecular complexity index is 277. The van der Waals surface area contributed by atoms with Gasteiger partial charge in [-0.25, -0.2) is 0 Å². The predicted octanol–water partition coefficient (Wildman–Crippen LogP) is 5.10. The Morgan fingerprint density at radius 3 is 1.91 bits per heavy atom. The molecule has 0 aromatic carbocycles. The van der Waals surface area contributed by atoms with Crippen LogP contribution >= 0.6 is 0 Å². The average Bonchev–Trinajstić information content (AvgIpc) is 2.56. The van der Waals surface area contributed by atoms with Gasteiger partial charge in [0.05, 0.1) is 0 Å². The zero-order valence-corrected chi connectivity index (χ0v) is 15.5. The van der Waals surface area contributed by atoms with Crippen molar-refractivity contribution in [1.29, 1.82) is 0 Å². The van der Waals surface area contributed by atoms with Crippen LogP contribution in [0.3, 0.4) is 0 Å². The molecule has 0 aromatic heterocycles. The van der Waals surface area contributed by atoms with Gasteiger partial charge in [-0.05, 0) is 32.1 Å². The molecule has 3 N–H and O–H groups in total. The molecule has 0 heterocycles. The summed E-state index contributed by atoms with van der Waals surface area (Å²) in [5.74, 6) is 0.146. The molecule has 0 fully saturated rings. The lowest BCUT2D eigenvalue weighted by Crippen LogP contribution is -2.28. The third-order valence-corrected chi connectivity index (χ3v) is 4.13. The summed E-state index contributed by atoms with van der Waals surface area (Å²) in [7, 11) is 0. The standard InChI is InChI=1S/C20H40N2O/c1-2-3-4-5-6-7-8-9-10-11-12-13-14-15-16-17-20(23)22-19-18-21/h9-10H,2-8,11-19,21H2,1H3,(H,22,23)/b10-9+. The number of carbonyl (C=O) groups excluding carboxylic acids is 1. The summed E-state index contributed by atoms with van der Waals surface area (Å²) in [6.45, 7) is 3.39. The molecule has 0 radical (unpaired) electrons. The van der Waals surface area contributed by atoms with Gasteiger partial charge in [0.2, 0.25) is 5.91 Å². The summed E-state index contributed by atoms with van der Waals surface area (Å²) in [4.78, 5) is 11.4. The first kappa shape index (κ1) is 22.2. The van der Waals surface area contributed by atoms with Crippen LogP contribution in [0.2, 0.25) is 0 Å². The number of amides is 1. The molecule has 0 rings (SSSR count). The molecule has 0 unspecified atom stereocenters. The van der Waals surface area contributed by atoms with E-state index in [-0.39, 0.29) is 5.91 Å². The summed E-state index contributed by atoms with van der Waals surface area (Å²) in [5, 5.41) is 2.81. The van der Waals surface area contributed by atoms with Crippen molar-refractivity contribution in [3.8, 4) is 0 Å². The molecule has 0 aliphatic heterocycles. The fraction of sp³-hybridized carbons (Fsp3) is 0.850. The van der Waals surface area contributed by atoms with Gasteiger partial charge < -0.3 is 11.1 Å². The Morgan fingerprint density at radius 2 is 1.35 bits per heavy atom. The van der Waals surface area contributed by atoms with Gasteiger partial charge in [-0.15, -0.1) is 0 Å². The van der Waals surface area contributed by atoms with Crippen LogP contribution in [0.1, 0.15) is 96.8 Å². The fourth-order valence-corrected chi connectivity index (χ4v) is 2.66. The highest BCUT2D eigenvalue weighted by Gasteiger charge is 1.99. The molecule has 0 atom stereocenters. The molecule has 3 heteroatoms. The Hall–Kier alpha value is -0.830. The van der Waals surface area contributed by atoms with E-state index in [1.165, 1.54) is 70.6 Å². The minimum Gasteiger partial charge on any atom is -0.355 e. The van der Waals surface area contributed by atoms with Gasteiger partial charge in [-0.2, -0.15) is 0 Å². The first-order valence-corrected chi connectivity index (χ1v) is 9.93. The molecular weight excluding hydrogens is 284 g/mol. The molecule has 3 nitrogen and oxygen atoms in total. The second-order valence-corrected chi connectivity index (χ2v) is 6.47. The topological polar surface area (TPSA) is 55.1 Å². The van der Waals surface area contributed by atoms with E-state index in [1.807, 2.05) is 0 Å². The highest BCUT2D eigenvalue weighted by molar-refractivity contribution is 5.75. The highest BCUT2D eigenvalue weighted by atomic mass is 16.1. The van der Waals surface area contributed by atoms with Gasteiger partial charge >= 0.3 is 0 Å². The summed E-state index contributed by atoms with van der Waals surface area (Å²) >= 11 is 0. The van der Waals surface area contributed by atoms with Crippen LogP contribution in [0.4, 0.5) is 0 Å². The third kappa shape index (κ3) is 19.1. The number of allylic oxidation sites excluding steroid dienone is 2. The highest BCUT2D eigenvalue weighted by Crippen LogP contribution is 2.09. The Kier molecular flexibility index (Phi) is 18.5. The van der Waals surface area contributed by atoms with Crippen molar-refractivity contribution in [2.75, 3.05) is 13.1 Å².